The van der Waals surface area contributed by atoms with E-state index in [0.717, 1.165) is 17.0 Å². The molecule has 0 spiro atoms. The van der Waals surface area contributed by atoms with E-state index in [1.807, 2.05) is 24.0 Å². The number of aryl methyl sites for hydroxylation is 1. The van der Waals surface area contributed by atoms with E-state index < -0.39 is 0 Å². The molecule has 0 bridgehead atoms. The zero-order valence-corrected chi connectivity index (χ0v) is 9.48. The van der Waals surface area contributed by atoms with Crippen molar-refractivity contribution in [3.05, 3.63) is 24.2 Å². The van der Waals surface area contributed by atoms with Crippen LogP contribution in [0.5, 0.6) is 0 Å². The van der Waals surface area contributed by atoms with Gasteiger partial charge >= 0.3 is 0 Å². The van der Waals surface area contributed by atoms with Gasteiger partial charge in [-0.3, -0.25) is 4.68 Å². The third-order valence-electron chi connectivity index (χ3n) is 2.36. The highest BCUT2D eigenvalue weighted by Gasteiger charge is 2.24. The van der Waals surface area contributed by atoms with Crippen LogP contribution < -0.4 is 0 Å². The van der Waals surface area contributed by atoms with Gasteiger partial charge in [-0.1, -0.05) is 25.9 Å². The summed E-state index contributed by atoms with van der Waals surface area (Å²) in [6.45, 7) is 6.48. The van der Waals surface area contributed by atoms with Gasteiger partial charge in [0.1, 0.15) is 12.0 Å². The highest BCUT2D eigenvalue weighted by atomic mass is 16.5. The minimum absolute atomic E-state index is 0.0412. The smallest absolute Gasteiger partial charge is 0.124 e. The van der Waals surface area contributed by atoms with Gasteiger partial charge in [0.25, 0.3) is 0 Å². The van der Waals surface area contributed by atoms with Crippen LogP contribution in [0.2, 0.25) is 0 Å². The normalized spacial score (nSPS) is 12.0. The summed E-state index contributed by atoms with van der Waals surface area (Å²) < 4.78 is 6.75. The first kappa shape index (κ1) is 9.96. The standard InChI is InChI=1S/C11H15N3O/c1-11(2,3)10-8(7-12-14(10)4)9-5-6-15-13-9/h5-7H,1-4H3. The molecular formula is C11H15N3O. The molecule has 2 aromatic heterocycles. The number of aromatic nitrogens is 3. The van der Waals surface area contributed by atoms with Crippen LogP contribution in [0, 0.1) is 0 Å². The lowest BCUT2D eigenvalue weighted by atomic mass is 9.88. The Hall–Kier alpha value is -1.58. The summed E-state index contributed by atoms with van der Waals surface area (Å²) in [6.07, 6.45) is 3.41. The quantitative estimate of drug-likeness (QED) is 0.717. The molecule has 0 saturated heterocycles. The summed E-state index contributed by atoms with van der Waals surface area (Å²) in [6, 6.07) is 1.85. The van der Waals surface area contributed by atoms with Crippen molar-refractivity contribution in [2.45, 2.75) is 26.2 Å². The maximum atomic E-state index is 4.86. The molecule has 4 heteroatoms. The van der Waals surface area contributed by atoms with Gasteiger partial charge in [0, 0.05) is 24.1 Å². The molecule has 0 aliphatic rings. The molecule has 2 aromatic rings. The first-order valence-corrected chi connectivity index (χ1v) is 4.93. The highest BCUT2D eigenvalue weighted by molar-refractivity contribution is 5.61. The predicted molar refractivity (Wildman–Crippen MR) is 57.4 cm³/mol. The highest BCUT2D eigenvalue weighted by Crippen LogP contribution is 2.31. The molecule has 0 amide bonds. The molecule has 0 aliphatic heterocycles. The molecule has 15 heavy (non-hydrogen) atoms. The zero-order valence-electron chi connectivity index (χ0n) is 9.48. The Labute approximate surface area is 88.9 Å². The van der Waals surface area contributed by atoms with Crippen molar-refractivity contribution in [1.29, 1.82) is 0 Å². The minimum Gasteiger partial charge on any atom is -0.364 e. The SMILES string of the molecule is Cn1ncc(-c2ccon2)c1C(C)(C)C. The lowest BCUT2D eigenvalue weighted by Crippen LogP contribution is -2.17. The summed E-state index contributed by atoms with van der Waals surface area (Å²) >= 11 is 0. The third kappa shape index (κ3) is 1.67. The second-order valence-corrected chi connectivity index (χ2v) is 4.67. The average Bonchev–Trinajstić information content (AvgIpc) is 2.68. The van der Waals surface area contributed by atoms with E-state index in [-0.39, 0.29) is 5.41 Å². The molecule has 0 fully saturated rings. The average molecular weight is 205 g/mol. The molecule has 0 N–H and O–H groups in total. The van der Waals surface area contributed by atoms with Gasteiger partial charge in [0.15, 0.2) is 0 Å². The Bertz CT molecular complexity index is 449. The van der Waals surface area contributed by atoms with Crippen LogP contribution in [0.4, 0.5) is 0 Å². The van der Waals surface area contributed by atoms with E-state index in [4.69, 9.17) is 4.52 Å². The molecule has 0 aliphatic carbocycles. The fourth-order valence-electron chi connectivity index (χ4n) is 1.87. The Kier molecular flexibility index (Phi) is 2.14. The lowest BCUT2D eigenvalue weighted by Gasteiger charge is -2.20. The maximum Gasteiger partial charge on any atom is 0.124 e. The Morgan fingerprint density at radius 2 is 2.07 bits per heavy atom. The van der Waals surface area contributed by atoms with E-state index in [0.29, 0.717) is 0 Å². The molecule has 4 nitrogen and oxygen atoms in total. The van der Waals surface area contributed by atoms with Gasteiger partial charge in [-0.15, -0.1) is 0 Å². The molecule has 0 unspecified atom stereocenters. The van der Waals surface area contributed by atoms with Crippen molar-refractivity contribution in [3.63, 3.8) is 0 Å². The fraction of sp³-hybridized carbons (Fsp3) is 0.455. The number of hydrogen-bond donors (Lipinski definition) is 0. The first-order valence-electron chi connectivity index (χ1n) is 4.93. The Morgan fingerprint density at radius 1 is 1.33 bits per heavy atom. The van der Waals surface area contributed by atoms with E-state index in [2.05, 4.69) is 31.0 Å². The summed E-state index contributed by atoms with van der Waals surface area (Å²) in [5.41, 5.74) is 3.09. The molecule has 0 radical (unpaired) electrons. The van der Waals surface area contributed by atoms with Crippen molar-refractivity contribution in [2.24, 2.45) is 7.05 Å². The van der Waals surface area contributed by atoms with Gasteiger partial charge in [0.05, 0.1) is 11.9 Å². The molecule has 0 saturated carbocycles. The number of nitrogens with zero attached hydrogens (tertiary/aromatic N) is 3. The van der Waals surface area contributed by atoms with Gasteiger partial charge in [0.2, 0.25) is 0 Å². The maximum absolute atomic E-state index is 4.86. The van der Waals surface area contributed by atoms with Crippen molar-refractivity contribution in [1.82, 2.24) is 14.9 Å². The first-order chi connectivity index (χ1) is 7.00. The monoisotopic (exact) mass is 205 g/mol. The van der Waals surface area contributed by atoms with Crippen LogP contribution in [0.3, 0.4) is 0 Å². The second kappa shape index (κ2) is 3.22. The van der Waals surface area contributed by atoms with E-state index in [1.165, 1.54) is 0 Å². The summed E-state index contributed by atoms with van der Waals surface area (Å²) in [7, 11) is 1.95. The molecule has 80 valence electrons. The molecule has 0 aromatic carbocycles. The minimum atomic E-state index is 0.0412. The van der Waals surface area contributed by atoms with E-state index in [9.17, 15) is 0 Å². The van der Waals surface area contributed by atoms with Crippen LogP contribution >= 0.6 is 0 Å². The lowest BCUT2D eigenvalue weighted by molar-refractivity contribution is 0.422. The van der Waals surface area contributed by atoms with Gasteiger partial charge in [-0.2, -0.15) is 5.10 Å². The van der Waals surface area contributed by atoms with Crippen molar-refractivity contribution in [3.8, 4) is 11.3 Å². The Morgan fingerprint density at radius 3 is 2.60 bits per heavy atom. The summed E-state index contributed by atoms with van der Waals surface area (Å²) in [5.74, 6) is 0. The van der Waals surface area contributed by atoms with Crippen LogP contribution in [0.25, 0.3) is 11.3 Å². The van der Waals surface area contributed by atoms with Gasteiger partial charge in [-0.05, 0) is 0 Å². The third-order valence-corrected chi connectivity index (χ3v) is 2.36. The van der Waals surface area contributed by atoms with Crippen LogP contribution in [-0.2, 0) is 12.5 Å². The zero-order chi connectivity index (χ0) is 11.1. The van der Waals surface area contributed by atoms with Crippen molar-refractivity contribution < 1.29 is 4.52 Å². The summed E-state index contributed by atoms with van der Waals surface area (Å²) in [4.78, 5) is 0. The van der Waals surface area contributed by atoms with Crippen molar-refractivity contribution >= 4 is 0 Å². The van der Waals surface area contributed by atoms with Crippen molar-refractivity contribution in [2.75, 3.05) is 0 Å². The van der Waals surface area contributed by atoms with Crippen LogP contribution in [-0.4, -0.2) is 14.9 Å². The van der Waals surface area contributed by atoms with E-state index >= 15 is 0 Å². The largest absolute Gasteiger partial charge is 0.364 e. The topological polar surface area (TPSA) is 43.9 Å². The molecule has 2 heterocycles. The number of rotatable bonds is 1. The second-order valence-electron chi connectivity index (χ2n) is 4.67. The Balaban J connectivity index is 2.59. The van der Waals surface area contributed by atoms with E-state index in [1.54, 1.807) is 6.26 Å². The van der Waals surface area contributed by atoms with Gasteiger partial charge < -0.3 is 4.52 Å². The molecule has 2 rings (SSSR count). The summed E-state index contributed by atoms with van der Waals surface area (Å²) in [5, 5.41) is 8.22. The fourth-order valence-corrected chi connectivity index (χ4v) is 1.87. The van der Waals surface area contributed by atoms with Crippen LogP contribution in [0.1, 0.15) is 26.5 Å². The molecular weight excluding hydrogens is 190 g/mol. The van der Waals surface area contributed by atoms with Crippen LogP contribution in [0.15, 0.2) is 23.0 Å². The van der Waals surface area contributed by atoms with Gasteiger partial charge in [-0.25, -0.2) is 0 Å². The molecule has 0 atom stereocenters. The predicted octanol–water partition coefficient (Wildman–Crippen LogP) is 2.37. The number of hydrogen-bond acceptors (Lipinski definition) is 3.